The minimum atomic E-state index is -0.798. The van der Waals surface area contributed by atoms with Crippen molar-refractivity contribution in [1.82, 2.24) is 0 Å². The van der Waals surface area contributed by atoms with Gasteiger partial charge >= 0.3 is 0 Å². The highest BCUT2D eigenvalue weighted by molar-refractivity contribution is 6.32. The maximum Gasteiger partial charge on any atom is 0.289 e. The molecular formula is C17H17ClN2O5. The van der Waals surface area contributed by atoms with Crippen LogP contribution in [0.2, 0.25) is 5.02 Å². The van der Waals surface area contributed by atoms with Gasteiger partial charge in [0.2, 0.25) is 0 Å². The number of halogens is 1. The number of nitro groups is 1. The molecule has 1 amide bonds. The molecule has 0 spiro atoms. The second-order valence-corrected chi connectivity index (χ2v) is 5.48. The number of anilines is 1. The number of nitrogens with one attached hydrogen (secondary N) is 1. The lowest BCUT2D eigenvalue weighted by atomic mass is 10.2. The van der Waals surface area contributed by atoms with E-state index in [-0.39, 0.29) is 16.4 Å². The highest BCUT2D eigenvalue weighted by atomic mass is 35.5. The minimum absolute atomic E-state index is 0.00156. The van der Waals surface area contributed by atoms with Gasteiger partial charge in [-0.1, -0.05) is 11.6 Å². The highest BCUT2D eigenvalue weighted by Crippen LogP contribution is 2.27. The van der Waals surface area contributed by atoms with Crippen LogP contribution in [-0.2, 0) is 4.79 Å². The van der Waals surface area contributed by atoms with Crippen molar-refractivity contribution < 1.29 is 19.2 Å². The smallest absolute Gasteiger partial charge is 0.289 e. The molecule has 2 rings (SSSR count). The fourth-order valence-electron chi connectivity index (χ4n) is 2.01. The molecule has 25 heavy (non-hydrogen) atoms. The van der Waals surface area contributed by atoms with Gasteiger partial charge in [-0.15, -0.1) is 0 Å². The zero-order valence-electron chi connectivity index (χ0n) is 13.7. The number of carbonyl (C=O) groups excluding carboxylic acids is 1. The zero-order valence-corrected chi connectivity index (χ0v) is 14.4. The molecule has 132 valence electrons. The quantitative estimate of drug-likeness (QED) is 0.591. The topological polar surface area (TPSA) is 90.7 Å². The third-order valence-corrected chi connectivity index (χ3v) is 3.55. The Labute approximate surface area is 149 Å². The van der Waals surface area contributed by atoms with E-state index >= 15 is 0 Å². The Hall–Kier alpha value is -2.80. The van der Waals surface area contributed by atoms with Crippen LogP contribution in [0, 0.1) is 10.1 Å². The largest absolute Gasteiger partial charge is 0.494 e. The molecule has 1 atom stereocenters. The Morgan fingerprint density at radius 3 is 2.48 bits per heavy atom. The summed E-state index contributed by atoms with van der Waals surface area (Å²) < 4.78 is 10.9. The summed E-state index contributed by atoms with van der Waals surface area (Å²) in [4.78, 5) is 22.5. The number of carbonyl (C=O) groups is 1. The van der Waals surface area contributed by atoms with Crippen molar-refractivity contribution in [3.8, 4) is 11.5 Å². The van der Waals surface area contributed by atoms with Gasteiger partial charge in [-0.05, 0) is 50.2 Å². The maximum absolute atomic E-state index is 12.2. The van der Waals surface area contributed by atoms with Crippen molar-refractivity contribution in [3.05, 3.63) is 57.6 Å². The Morgan fingerprint density at radius 1 is 1.24 bits per heavy atom. The normalized spacial score (nSPS) is 11.5. The fraction of sp³-hybridized carbons (Fsp3) is 0.235. The lowest BCUT2D eigenvalue weighted by Gasteiger charge is -2.15. The van der Waals surface area contributed by atoms with Crippen LogP contribution in [0.1, 0.15) is 13.8 Å². The Kier molecular flexibility index (Phi) is 6.19. The van der Waals surface area contributed by atoms with Crippen molar-refractivity contribution in [2.75, 3.05) is 11.9 Å². The van der Waals surface area contributed by atoms with Crippen LogP contribution < -0.4 is 14.8 Å². The maximum atomic E-state index is 12.2. The molecule has 0 saturated carbocycles. The zero-order chi connectivity index (χ0) is 18.4. The summed E-state index contributed by atoms with van der Waals surface area (Å²) in [5, 5.41) is 13.4. The van der Waals surface area contributed by atoms with Crippen LogP contribution in [-0.4, -0.2) is 23.5 Å². The van der Waals surface area contributed by atoms with Crippen LogP contribution in [0.3, 0.4) is 0 Å². The number of nitrogens with zero attached hydrogens (tertiary/aromatic N) is 1. The van der Waals surface area contributed by atoms with Crippen LogP contribution >= 0.6 is 11.6 Å². The van der Waals surface area contributed by atoms with E-state index in [9.17, 15) is 14.9 Å². The van der Waals surface area contributed by atoms with Gasteiger partial charge in [-0.25, -0.2) is 0 Å². The summed E-state index contributed by atoms with van der Waals surface area (Å²) in [5.74, 6) is 0.777. The molecule has 0 aliphatic rings. The lowest BCUT2D eigenvalue weighted by Crippen LogP contribution is -2.30. The first kappa shape index (κ1) is 18.5. The van der Waals surface area contributed by atoms with E-state index in [1.54, 1.807) is 31.2 Å². The number of hydrogen-bond donors (Lipinski definition) is 1. The van der Waals surface area contributed by atoms with Gasteiger partial charge in [0.25, 0.3) is 11.6 Å². The second-order valence-electron chi connectivity index (χ2n) is 5.08. The first-order chi connectivity index (χ1) is 11.9. The van der Waals surface area contributed by atoms with Crippen molar-refractivity contribution in [2.24, 2.45) is 0 Å². The van der Waals surface area contributed by atoms with Gasteiger partial charge in [0.15, 0.2) is 6.10 Å². The van der Waals surface area contributed by atoms with E-state index in [2.05, 4.69) is 5.32 Å². The number of benzene rings is 2. The van der Waals surface area contributed by atoms with E-state index < -0.39 is 16.9 Å². The van der Waals surface area contributed by atoms with Gasteiger partial charge in [-0.3, -0.25) is 14.9 Å². The van der Waals surface area contributed by atoms with E-state index in [1.165, 1.54) is 18.2 Å². The second kappa shape index (κ2) is 8.34. The van der Waals surface area contributed by atoms with Crippen molar-refractivity contribution >= 4 is 28.9 Å². The first-order valence-electron chi connectivity index (χ1n) is 7.55. The molecule has 2 aromatic carbocycles. The number of amides is 1. The predicted molar refractivity (Wildman–Crippen MR) is 94.4 cm³/mol. The van der Waals surface area contributed by atoms with Crippen molar-refractivity contribution in [3.63, 3.8) is 0 Å². The molecule has 1 unspecified atom stereocenters. The van der Waals surface area contributed by atoms with Gasteiger partial charge in [0.1, 0.15) is 16.5 Å². The number of rotatable bonds is 7. The van der Waals surface area contributed by atoms with Crippen LogP contribution in [0.4, 0.5) is 11.4 Å². The molecule has 0 fully saturated rings. The molecular weight excluding hydrogens is 348 g/mol. The standard InChI is InChI=1S/C17H17ClN2O5/c1-3-24-13-5-7-14(8-6-13)25-11(2)17(21)19-12-4-9-15(18)16(10-12)20(22)23/h4-11H,3H2,1-2H3,(H,19,21). The highest BCUT2D eigenvalue weighted by Gasteiger charge is 2.18. The third-order valence-electron chi connectivity index (χ3n) is 3.23. The molecule has 0 aliphatic heterocycles. The Morgan fingerprint density at radius 2 is 1.88 bits per heavy atom. The van der Waals surface area contributed by atoms with Gasteiger partial charge < -0.3 is 14.8 Å². The van der Waals surface area contributed by atoms with E-state index in [0.29, 0.717) is 18.1 Å². The molecule has 7 nitrogen and oxygen atoms in total. The predicted octanol–water partition coefficient (Wildman–Crippen LogP) is 4.05. The summed E-state index contributed by atoms with van der Waals surface area (Å²) in [6.45, 7) is 4.03. The number of nitro benzene ring substituents is 1. The average molecular weight is 365 g/mol. The van der Waals surface area contributed by atoms with Gasteiger partial charge in [0.05, 0.1) is 11.5 Å². The Balaban J connectivity index is 2.00. The molecule has 0 saturated heterocycles. The first-order valence-corrected chi connectivity index (χ1v) is 7.92. The van der Waals surface area contributed by atoms with E-state index in [4.69, 9.17) is 21.1 Å². The summed E-state index contributed by atoms with van der Waals surface area (Å²) in [6.07, 6.45) is -0.798. The molecule has 1 N–H and O–H groups in total. The number of hydrogen-bond acceptors (Lipinski definition) is 5. The molecule has 2 aromatic rings. The monoisotopic (exact) mass is 364 g/mol. The van der Waals surface area contributed by atoms with Crippen molar-refractivity contribution in [2.45, 2.75) is 20.0 Å². The van der Waals surface area contributed by atoms with Crippen LogP contribution in [0.15, 0.2) is 42.5 Å². The molecule has 0 heterocycles. The lowest BCUT2D eigenvalue weighted by molar-refractivity contribution is -0.384. The van der Waals surface area contributed by atoms with Crippen LogP contribution in [0.25, 0.3) is 0 Å². The molecule has 0 aliphatic carbocycles. The molecule has 8 heteroatoms. The SMILES string of the molecule is CCOc1ccc(OC(C)C(=O)Nc2ccc(Cl)c([N+](=O)[O-])c2)cc1. The number of ether oxygens (including phenoxy) is 2. The third kappa shape index (κ3) is 5.09. The Bertz CT molecular complexity index is 764. The van der Waals surface area contributed by atoms with Crippen molar-refractivity contribution in [1.29, 1.82) is 0 Å². The molecule has 0 aromatic heterocycles. The summed E-state index contributed by atoms with van der Waals surface area (Å²) in [5.41, 5.74) is -0.0113. The van der Waals surface area contributed by atoms with E-state index in [0.717, 1.165) is 0 Å². The van der Waals surface area contributed by atoms with E-state index in [1.807, 2.05) is 6.92 Å². The van der Waals surface area contributed by atoms with Crippen LogP contribution in [0.5, 0.6) is 11.5 Å². The van der Waals surface area contributed by atoms with Gasteiger partial charge in [-0.2, -0.15) is 0 Å². The summed E-state index contributed by atoms with van der Waals surface area (Å²) >= 11 is 5.74. The minimum Gasteiger partial charge on any atom is -0.494 e. The van der Waals surface area contributed by atoms with Gasteiger partial charge in [0, 0.05) is 11.8 Å². The average Bonchev–Trinajstić information content (AvgIpc) is 2.58. The summed E-state index contributed by atoms with van der Waals surface area (Å²) in [7, 11) is 0. The fourth-order valence-corrected chi connectivity index (χ4v) is 2.20. The summed E-state index contributed by atoms with van der Waals surface area (Å²) in [6, 6.07) is 10.9. The molecule has 0 radical (unpaired) electrons. The molecule has 0 bridgehead atoms.